The van der Waals surface area contributed by atoms with Crippen molar-refractivity contribution in [3.05, 3.63) is 71.8 Å². The Hall–Kier alpha value is -3.08. The Morgan fingerprint density at radius 1 is 1.00 bits per heavy atom. The third kappa shape index (κ3) is 4.56. The van der Waals surface area contributed by atoms with Gasteiger partial charge in [-0.3, -0.25) is 4.79 Å². The van der Waals surface area contributed by atoms with Crippen LogP contribution in [0, 0.1) is 0 Å². The summed E-state index contributed by atoms with van der Waals surface area (Å²) in [6.45, 7) is 8.83. The van der Waals surface area contributed by atoms with Crippen molar-refractivity contribution in [1.82, 2.24) is 10.1 Å². The summed E-state index contributed by atoms with van der Waals surface area (Å²) in [5.74, 6) is 0.723. The van der Waals surface area contributed by atoms with Crippen LogP contribution in [-0.4, -0.2) is 35.1 Å². The van der Waals surface area contributed by atoms with Crippen molar-refractivity contribution < 1.29 is 9.32 Å². The summed E-state index contributed by atoms with van der Waals surface area (Å²) in [5.41, 5.74) is 3.39. The van der Waals surface area contributed by atoms with Crippen molar-refractivity contribution in [2.75, 3.05) is 11.9 Å². The first-order valence-corrected chi connectivity index (χ1v) is 10.6. The second-order valence-corrected chi connectivity index (χ2v) is 7.94. The molecule has 0 aliphatic rings. The average Bonchev–Trinajstić information content (AvgIpc) is 3.20. The Morgan fingerprint density at radius 3 is 2.17 bits per heavy atom. The summed E-state index contributed by atoms with van der Waals surface area (Å²) < 4.78 is 5.81. The lowest BCUT2D eigenvalue weighted by Crippen LogP contribution is -2.38. The highest BCUT2D eigenvalue weighted by Crippen LogP contribution is 2.33. The number of anilines is 1. The molecule has 0 N–H and O–H groups in total. The summed E-state index contributed by atoms with van der Waals surface area (Å²) in [5, 5.41) is 4.41. The fourth-order valence-electron chi connectivity index (χ4n) is 3.34. The summed E-state index contributed by atoms with van der Waals surface area (Å²) in [6, 6.07) is 19.8. The molecule has 1 atom stereocenters. The van der Waals surface area contributed by atoms with Crippen LogP contribution >= 0.6 is 0 Å². The molecule has 0 saturated carbocycles. The molecule has 1 aromatic heterocycles. The van der Waals surface area contributed by atoms with E-state index in [-0.39, 0.29) is 18.0 Å². The molecule has 0 saturated heterocycles. The molecule has 5 nitrogen and oxygen atoms in total. The lowest BCUT2D eigenvalue weighted by atomic mass is 10.0. The smallest absolute Gasteiger partial charge is 0.254 e. The van der Waals surface area contributed by atoms with E-state index in [4.69, 9.17) is 4.52 Å². The monoisotopic (exact) mass is 405 g/mol. The van der Waals surface area contributed by atoms with Crippen molar-refractivity contribution in [3.63, 3.8) is 0 Å². The summed E-state index contributed by atoms with van der Waals surface area (Å²) in [4.78, 5) is 17.4. The largest absolute Gasteiger partial charge is 0.341 e. The maximum absolute atomic E-state index is 13.4. The molecule has 0 radical (unpaired) electrons. The van der Waals surface area contributed by atoms with Crippen molar-refractivity contribution in [1.29, 1.82) is 0 Å². The Balaban J connectivity index is 2.06. The molecule has 0 aliphatic carbocycles. The van der Waals surface area contributed by atoms with E-state index < -0.39 is 0 Å². The first-order chi connectivity index (χ1) is 14.4. The zero-order valence-corrected chi connectivity index (χ0v) is 18.5. The number of benzene rings is 2. The fraction of sp³-hybridized carbons (Fsp3) is 0.360. The van der Waals surface area contributed by atoms with Crippen molar-refractivity contribution in [3.8, 4) is 11.3 Å². The van der Waals surface area contributed by atoms with Gasteiger partial charge in [0.2, 0.25) is 5.88 Å². The fourth-order valence-corrected chi connectivity index (χ4v) is 3.34. The number of hydrogen-bond acceptors (Lipinski definition) is 4. The Labute approximate surface area is 179 Å². The predicted octanol–water partition coefficient (Wildman–Crippen LogP) is 5.63. The maximum Gasteiger partial charge on any atom is 0.254 e. The first-order valence-electron chi connectivity index (χ1n) is 10.6. The number of carbonyl (C=O) groups excluding carboxylic acids is 1. The van der Waals surface area contributed by atoms with E-state index in [1.54, 1.807) is 0 Å². The van der Waals surface area contributed by atoms with Gasteiger partial charge in [0.1, 0.15) is 5.69 Å². The molecule has 1 heterocycles. The topological polar surface area (TPSA) is 49.6 Å². The van der Waals surface area contributed by atoms with E-state index in [9.17, 15) is 4.79 Å². The second-order valence-electron chi connectivity index (χ2n) is 7.94. The standard InChI is InChI=1S/C25H31N3O2/c1-6-19(4)28(24(29)21-15-11-8-12-16-21)17-22-23(20-13-9-7-10-14-20)26-30-25(22)27(5)18(2)3/h7-16,18-19H,6,17H2,1-5H3. The molecule has 0 spiro atoms. The summed E-state index contributed by atoms with van der Waals surface area (Å²) in [6.07, 6.45) is 0.861. The molecular weight excluding hydrogens is 374 g/mol. The van der Waals surface area contributed by atoms with Crippen LogP contribution in [0.4, 0.5) is 5.88 Å². The normalized spacial score (nSPS) is 12.1. The van der Waals surface area contributed by atoms with Gasteiger partial charge < -0.3 is 14.3 Å². The van der Waals surface area contributed by atoms with Crippen LogP contribution in [-0.2, 0) is 6.54 Å². The van der Waals surface area contributed by atoms with Crippen molar-refractivity contribution in [2.45, 2.75) is 52.7 Å². The Bertz CT molecular complexity index is 951. The average molecular weight is 406 g/mol. The van der Waals surface area contributed by atoms with Gasteiger partial charge in [0.15, 0.2) is 0 Å². The summed E-state index contributed by atoms with van der Waals surface area (Å²) in [7, 11) is 2.00. The van der Waals surface area contributed by atoms with Crippen LogP contribution in [0.1, 0.15) is 50.0 Å². The first kappa shape index (κ1) is 21.6. The number of carbonyl (C=O) groups is 1. The van der Waals surface area contributed by atoms with Crippen LogP contribution in [0.2, 0.25) is 0 Å². The molecule has 0 aliphatic heterocycles. The molecule has 5 heteroatoms. The zero-order chi connectivity index (χ0) is 21.7. The van der Waals surface area contributed by atoms with Gasteiger partial charge in [-0.25, -0.2) is 0 Å². The van der Waals surface area contributed by atoms with Crippen LogP contribution in [0.3, 0.4) is 0 Å². The highest BCUT2D eigenvalue weighted by molar-refractivity contribution is 5.94. The van der Waals surface area contributed by atoms with Gasteiger partial charge in [-0.05, 0) is 39.3 Å². The molecule has 30 heavy (non-hydrogen) atoms. The lowest BCUT2D eigenvalue weighted by Gasteiger charge is -2.30. The van der Waals surface area contributed by atoms with E-state index in [1.807, 2.05) is 72.6 Å². The third-order valence-corrected chi connectivity index (χ3v) is 5.64. The van der Waals surface area contributed by atoms with E-state index in [0.717, 1.165) is 23.2 Å². The van der Waals surface area contributed by atoms with Gasteiger partial charge >= 0.3 is 0 Å². The van der Waals surface area contributed by atoms with Crippen molar-refractivity contribution in [2.24, 2.45) is 0 Å². The number of aromatic nitrogens is 1. The number of hydrogen-bond donors (Lipinski definition) is 0. The second kappa shape index (κ2) is 9.61. The molecule has 2 aromatic carbocycles. The van der Waals surface area contributed by atoms with Gasteiger partial charge in [-0.2, -0.15) is 0 Å². The quantitative estimate of drug-likeness (QED) is 0.487. The molecule has 0 fully saturated rings. The predicted molar refractivity (Wildman–Crippen MR) is 122 cm³/mol. The molecule has 158 valence electrons. The minimum Gasteiger partial charge on any atom is -0.341 e. The molecule has 0 bridgehead atoms. The van der Waals surface area contributed by atoms with Crippen LogP contribution < -0.4 is 4.90 Å². The van der Waals surface area contributed by atoms with Crippen LogP contribution in [0.5, 0.6) is 0 Å². The number of nitrogens with zero attached hydrogens (tertiary/aromatic N) is 3. The minimum atomic E-state index is 0.0170. The van der Waals surface area contributed by atoms with Crippen molar-refractivity contribution >= 4 is 11.8 Å². The SMILES string of the molecule is CCC(C)N(Cc1c(-c2ccccc2)noc1N(C)C(C)C)C(=O)c1ccccc1. The van der Waals surface area contributed by atoms with Gasteiger partial charge in [0.25, 0.3) is 5.91 Å². The Kier molecular flexibility index (Phi) is 6.93. The highest BCUT2D eigenvalue weighted by atomic mass is 16.5. The number of rotatable bonds is 8. The molecule has 1 unspecified atom stereocenters. The van der Waals surface area contributed by atoms with E-state index in [2.05, 4.69) is 37.8 Å². The highest BCUT2D eigenvalue weighted by Gasteiger charge is 2.28. The van der Waals surface area contributed by atoms with Gasteiger partial charge in [-0.15, -0.1) is 0 Å². The third-order valence-electron chi connectivity index (χ3n) is 5.64. The van der Waals surface area contributed by atoms with Gasteiger partial charge in [0.05, 0.1) is 12.1 Å². The van der Waals surface area contributed by atoms with Gasteiger partial charge in [-0.1, -0.05) is 60.6 Å². The maximum atomic E-state index is 13.4. The minimum absolute atomic E-state index is 0.0170. The van der Waals surface area contributed by atoms with E-state index >= 15 is 0 Å². The molecular formula is C25H31N3O2. The molecule has 3 rings (SSSR count). The summed E-state index contributed by atoms with van der Waals surface area (Å²) >= 11 is 0. The van der Waals surface area contributed by atoms with Gasteiger partial charge in [0, 0.05) is 30.3 Å². The van der Waals surface area contributed by atoms with Crippen LogP contribution in [0.25, 0.3) is 11.3 Å². The zero-order valence-electron chi connectivity index (χ0n) is 18.5. The van der Waals surface area contributed by atoms with E-state index in [0.29, 0.717) is 18.0 Å². The van der Waals surface area contributed by atoms with E-state index in [1.165, 1.54) is 0 Å². The molecule has 3 aromatic rings. The lowest BCUT2D eigenvalue weighted by molar-refractivity contribution is 0.0672. The Morgan fingerprint density at radius 2 is 1.60 bits per heavy atom. The molecule has 1 amide bonds. The van der Waals surface area contributed by atoms with Crippen LogP contribution in [0.15, 0.2) is 65.2 Å². The number of amides is 1.